The summed E-state index contributed by atoms with van der Waals surface area (Å²) in [5, 5.41) is 20.8. The number of ether oxygens (including phenoxy) is 1. The lowest BCUT2D eigenvalue weighted by Crippen LogP contribution is -2.51. The molecule has 0 amide bonds. The van der Waals surface area contributed by atoms with Gasteiger partial charge in [-0.05, 0) is 73.8 Å². The van der Waals surface area contributed by atoms with Crippen molar-refractivity contribution in [2.24, 2.45) is 29.6 Å². The number of cyclic esters (lactones) is 1. The molecule has 3 aliphatic rings. The molecule has 2 aliphatic carbocycles. The number of alkyl halides is 3. The minimum atomic E-state index is -4.41. The normalized spacial score (nSPS) is 35.0. The third-order valence-electron chi connectivity index (χ3n) is 8.05. The topological polar surface area (TPSA) is 79.7 Å². The monoisotopic (exact) mass is 487 g/mol. The molecule has 2 N–H and O–H groups in total. The van der Waals surface area contributed by atoms with Crippen LogP contribution < -0.4 is 0 Å². The fraction of sp³-hybridized carbons (Fsp3) is 0.481. The van der Waals surface area contributed by atoms with Crippen LogP contribution in [0.5, 0.6) is 0 Å². The summed E-state index contributed by atoms with van der Waals surface area (Å²) in [6, 6.07) is 8.63. The van der Waals surface area contributed by atoms with Gasteiger partial charge in [-0.3, -0.25) is 9.78 Å². The maximum atomic E-state index is 13.0. The van der Waals surface area contributed by atoms with Crippen LogP contribution in [0.1, 0.15) is 37.4 Å². The van der Waals surface area contributed by atoms with Crippen molar-refractivity contribution in [1.82, 2.24) is 4.98 Å². The van der Waals surface area contributed by atoms with Crippen LogP contribution >= 0.6 is 0 Å². The second kappa shape index (κ2) is 9.06. The summed E-state index contributed by atoms with van der Waals surface area (Å²) >= 11 is 0. The Balaban J connectivity index is 1.39. The van der Waals surface area contributed by atoms with Crippen LogP contribution in [-0.4, -0.2) is 39.5 Å². The second-order valence-corrected chi connectivity index (χ2v) is 10.0. The van der Waals surface area contributed by atoms with E-state index in [1.807, 2.05) is 19.1 Å². The summed E-state index contributed by atoms with van der Waals surface area (Å²) in [6.07, 6.45) is 0.947. The number of carbonyl (C=O) groups excluding carboxylic acids is 1. The van der Waals surface area contributed by atoms with E-state index in [0.29, 0.717) is 29.7 Å². The zero-order valence-corrected chi connectivity index (χ0v) is 19.2. The van der Waals surface area contributed by atoms with Crippen molar-refractivity contribution in [2.45, 2.75) is 50.7 Å². The molecular weight excluding hydrogens is 459 g/mol. The molecule has 5 nitrogen and oxygen atoms in total. The molecule has 8 heteroatoms. The van der Waals surface area contributed by atoms with Crippen LogP contribution in [0.3, 0.4) is 0 Å². The van der Waals surface area contributed by atoms with Crippen molar-refractivity contribution in [1.29, 1.82) is 0 Å². The maximum Gasteiger partial charge on any atom is 0.416 e. The first kappa shape index (κ1) is 24.0. The molecule has 0 radical (unpaired) electrons. The molecule has 8 atom stereocenters. The molecule has 1 saturated heterocycles. The van der Waals surface area contributed by atoms with Gasteiger partial charge in [-0.25, -0.2) is 0 Å². The van der Waals surface area contributed by atoms with Gasteiger partial charge in [0.15, 0.2) is 0 Å². The highest BCUT2D eigenvalue weighted by Crippen LogP contribution is 2.53. The Morgan fingerprint density at radius 2 is 1.89 bits per heavy atom. The average molecular weight is 488 g/mol. The van der Waals surface area contributed by atoms with Gasteiger partial charge in [0.1, 0.15) is 6.10 Å². The molecule has 2 heterocycles. The average Bonchev–Trinajstić information content (AvgIpc) is 3.12. The molecule has 2 saturated carbocycles. The van der Waals surface area contributed by atoms with Gasteiger partial charge in [-0.15, -0.1) is 0 Å². The first-order valence-electron chi connectivity index (χ1n) is 12.0. The number of rotatable bonds is 3. The van der Waals surface area contributed by atoms with Crippen LogP contribution in [-0.2, 0) is 15.7 Å². The number of fused-ring (bicyclic) bond motifs is 2. The second-order valence-electron chi connectivity index (χ2n) is 10.0. The predicted octanol–water partition coefficient (Wildman–Crippen LogP) is 4.73. The number of esters is 1. The van der Waals surface area contributed by atoms with Crippen molar-refractivity contribution >= 4 is 12.0 Å². The van der Waals surface area contributed by atoms with Crippen LogP contribution in [0.25, 0.3) is 17.2 Å². The number of hydrogen-bond donors (Lipinski definition) is 2. The molecule has 0 bridgehead atoms. The first-order chi connectivity index (χ1) is 16.6. The lowest BCUT2D eigenvalue weighted by atomic mass is 9.56. The molecule has 2 aromatic rings. The van der Waals surface area contributed by atoms with Gasteiger partial charge in [0, 0.05) is 17.7 Å². The Morgan fingerprint density at radius 3 is 2.60 bits per heavy atom. The van der Waals surface area contributed by atoms with E-state index in [-0.39, 0.29) is 41.7 Å². The van der Waals surface area contributed by atoms with Gasteiger partial charge in [-0.2, -0.15) is 13.2 Å². The highest BCUT2D eigenvalue weighted by molar-refractivity contribution is 5.75. The highest BCUT2D eigenvalue weighted by Gasteiger charge is 2.56. The summed E-state index contributed by atoms with van der Waals surface area (Å²) in [5.74, 6) is -0.637. The number of carbonyl (C=O) groups is 1. The van der Waals surface area contributed by atoms with E-state index >= 15 is 0 Å². The van der Waals surface area contributed by atoms with E-state index in [4.69, 9.17) is 4.74 Å². The van der Waals surface area contributed by atoms with Crippen LogP contribution in [0.4, 0.5) is 13.2 Å². The van der Waals surface area contributed by atoms with Crippen LogP contribution in [0, 0.1) is 29.6 Å². The van der Waals surface area contributed by atoms with E-state index in [0.717, 1.165) is 18.6 Å². The third kappa shape index (κ3) is 4.49. The zero-order valence-electron chi connectivity index (χ0n) is 19.2. The summed E-state index contributed by atoms with van der Waals surface area (Å²) in [7, 11) is 0. The van der Waals surface area contributed by atoms with Crippen molar-refractivity contribution in [2.75, 3.05) is 0 Å². The minimum Gasteiger partial charge on any atom is -0.462 e. The van der Waals surface area contributed by atoms with E-state index in [1.54, 1.807) is 24.4 Å². The summed E-state index contributed by atoms with van der Waals surface area (Å²) in [5.41, 5.74) is 0.959. The number of aliphatic hydroxyl groups excluding tert-OH is 2. The Morgan fingerprint density at radius 1 is 1.09 bits per heavy atom. The van der Waals surface area contributed by atoms with Gasteiger partial charge in [0.2, 0.25) is 0 Å². The lowest BCUT2D eigenvalue weighted by molar-refractivity contribution is -0.146. The molecule has 0 spiro atoms. The Hall–Kier alpha value is -2.71. The predicted molar refractivity (Wildman–Crippen MR) is 123 cm³/mol. The van der Waals surface area contributed by atoms with Crippen molar-refractivity contribution in [3.8, 4) is 11.1 Å². The summed E-state index contributed by atoms with van der Waals surface area (Å²) in [6.45, 7) is 1.90. The van der Waals surface area contributed by atoms with Crippen molar-refractivity contribution < 1.29 is 32.9 Å². The molecule has 5 rings (SSSR count). The van der Waals surface area contributed by atoms with Gasteiger partial charge in [0.05, 0.1) is 29.4 Å². The number of aliphatic hydroxyl groups is 2. The highest BCUT2D eigenvalue weighted by atomic mass is 19.4. The smallest absolute Gasteiger partial charge is 0.416 e. The number of pyridine rings is 1. The largest absolute Gasteiger partial charge is 0.462 e. The Kier molecular flexibility index (Phi) is 6.21. The van der Waals surface area contributed by atoms with E-state index in [1.165, 1.54) is 6.07 Å². The molecule has 1 aromatic heterocycles. The maximum absolute atomic E-state index is 13.0. The fourth-order valence-corrected chi connectivity index (χ4v) is 6.36. The van der Waals surface area contributed by atoms with Gasteiger partial charge < -0.3 is 14.9 Å². The van der Waals surface area contributed by atoms with Gasteiger partial charge in [-0.1, -0.05) is 24.3 Å². The Bertz CT molecular complexity index is 1120. The minimum absolute atomic E-state index is 0.00757. The zero-order chi connectivity index (χ0) is 24.9. The van der Waals surface area contributed by atoms with E-state index < -0.39 is 23.9 Å². The molecular formula is C27H28F3NO4. The van der Waals surface area contributed by atoms with Crippen LogP contribution in [0.2, 0.25) is 0 Å². The number of nitrogens with zero attached hydrogens (tertiary/aromatic N) is 1. The lowest BCUT2D eigenvalue weighted by Gasteiger charge is -2.48. The SMILES string of the molecule is CC1OC(=O)C2CC3C(O)C(O)CCC3[C@H](/C=C/c3ccc(-c4cccc(C(F)(F)F)c4)cn3)C12. The fourth-order valence-electron chi connectivity index (χ4n) is 6.36. The van der Waals surface area contributed by atoms with Crippen molar-refractivity contribution in [3.05, 3.63) is 59.9 Å². The molecule has 3 fully saturated rings. The number of benzene rings is 1. The standard InChI is InChI=1S/C27H28F3NO4/c1-14-24-20(19-9-10-23(32)25(33)21(19)12-22(24)26(34)35-14)8-7-18-6-5-16(13-31-18)15-3-2-4-17(11-15)27(28,29)30/h2-8,11,13-14,19-25,32-33H,9-10,12H2,1H3/b8-7+/t14?,19?,20-,21?,22?,23?,24?,25?/m0/s1. The first-order valence-corrected chi connectivity index (χ1v) is 12.0. The van der Waals surface area contributed by atoms with Crippen molar-refractivity contribution in [3.63, 3.8) is 0 Å². The third-order valence-corrected chi connectivity index (χ3v) is 8.05. The number of hydrogen-bond acceptors (Lipinski definition) is 5. The molecule has 7 unspecified atom stereocenters. The quantitative estimate of drug-likeness (QED) is 0.613. The molecule has 1 aromatic carbocycles. The molecule has 1 aliphatic heterocycles. The number of aromatic nitrogens is 1. The number of halogens is 3. The molecule has 35 heavy (non-hydrogen) atoms. The van der Waals surface area contributed by atoms with Gasteiger partial charge >= 0.3 is 12.1 Å². The van der Waals surface area contributed by atoms with Crippen LogP contribution in [0.15, 0.2) is 48.7 Å². The van der Waals surface area contributed by atoms with E-state index in [9.17, 15) is 28.2 Å². The number of allylic oxidation sites excluding steroid dienone is 1. The summed E-state index contributed by atoms with van der Waals surface area (Å²) < 4.78 is 44.7. The van der Waals surface area contributed by atoms with Gasteiger partial charge in [0.25, 0.3) is 0 Å². The Labute approximate surface area is 201 Å². The molecule has 186 valence electrons. The summed E-state index contributed by atoms with van der Waals surface area (Å²) in [4.78, 5) is 16.9. The van der Waals surface area contributed by atoms with E-state index in [2.05, 4.69) is 4.98 Å².